The van der Waals surface area contributed by atoms with Crippen LogP contribution in [0, 0.1) is 0 Å². The molecule has 0 atom stereocenters. The molecule has 1 aromatic heterocycles. The number of benzene rings is 1. The van der Waals surface area contributed by atoms with Gasteiger partial charge >= 0.3 is 5.97 Å². The van der Waals surface area contributed by atoms with E-state index < -0.39 is 0 Å². The smallest absolute Gasteiger partial charge is 0.357 e. The average Bonchev–Trinajstić information content (AvgIpc) is 2.82. The van der Waals surface area contributed by atoms with E-state index >= 15 is 0 Å². The molecule has 0 amide bonds. The molecule has 3 rings (SSSR count). The van der Waals surface area contributed by atoms with Crippen molar-refractivity contribution in [3.05, 3.63) is 35.5 Å². The number of hydrogen-bond acceptors (Lipinski definition) is 5. The van der Waals surface area contributed by atoms with Crippen LogP contribution in [0.15, 0.2) is 24.3 Å². The molecule has 2 aromatic rings. The predicted molar refractivity (Wildman–Crippen MR) is 84.1 cm³/mol. The van der Waals surface area contributed by atoms with Gasteiger partial charge in [0, 0.05) is 30.6 Å². The number of morpholine rings is 1. The van der Waals surface area contributed by atoms with Crippen LogP contribution in [0.2, 0.25) is 0 Å². The molecule has 0 radical (unpaired) electrons. The summed E-state index contributed by atoms with van der Waals surface area (Å²) in [5.41, 5.74) is 2.21. The molecular formula is C16H21N3O3. The maximum absolute atomic E-state index is 12.3. The van der Waals surface area contributed by atoms with Crippen molar-refractivity contribution in [1.29, 1.82) is 0 Å². The molecule has 6 heteroatoms. The molecule has 1 saturated heterocycles. The summed E-state index contributed by atoms with van der Waals surface area (Å²) in [5.74, 6) is 5.78. The van der Waals surface area contributed by atoms with E-state index in [4.69, 9.17) is 15.3 Å². The highest BCUT2D eigenvalue weighted by atomic mass is 16.5. The van der Waals surface area contributed by atoms with Crippen LogP contribution in [0.25, 0.3) is 10.9 Å². The molecule has 1 aliphatic rings. The Balaban J connectivity index is 2.04. The highest BCUT2D eigenvalue weighted by molar-refractivity contribution is 5.99. The number of rotatable bonds is 4. The Morgan fingerprint density at radius 1 is 1.32 bits per heavy atom. The van der Waals surface area contributed by atoms with E-state index in [2.05, 4.69) is 4.90 Å². The Bertz CT molecular complexity index is 675. The molecule has 0 saturated carbocycles. The average molecular weight is 303 g/mol. The number of hydrogen-bond donors (Lipinski definition) is 1. The van der Waals surface area contributed by atoms with E-state index in [9.17, 15) is 4.79 Å². The zero-order valence-electron chi connectivity index (χ0n) is 12.7. The van der Waals surface area contributed by atoms with Crippen LogP contribution >= 0.6 is 0 Å². The lowest BCUT2D eigenvalue weighted by Crippen LogP contribution is -2.36. The first-order chi connectivity index (χ1) is 10.7. The Hall–Kier alpha value is -2.05. The lowest BCUT2D eigenvalue weighted by molar-refractivity contribution is 0.0337. The van der Waals surface area contributed by atoms with Gasteiger partial charge in [-0.25, -0.2) is 4.79 Å². The number of esters is 1. The van der Waals surface area contributed by atoms with Crippen LogP contribution in [0.4, 0.5) is 0 Å². The molecular weight excluding hydrogens is 282 g/mol. The van der Waals surface area contributed by atoms with Gasteiger partial charge in [-0.1, -0.05) is 18.2 Å². The van der Waals surface area contributed by atoms with Crippen molar-refractivity contribution < 1.29 is 14.3 Å². The second-order valence-corrected chi connectivity index (χ2v) is 5.32. The Labute approximate surface area is 129 Å². The van der Waals surface area contributed by atoms with Gasteiger partial charge < -0.3 is 15.3 Å². The largest absolute Gasteiger partial charge is 0.461 e. The van der Waals surface area contributed by atoms with Crippen molar-refractivity contribution in [2.45, 2.75) is 13.5 Å². The molecule has 2 heterocycles. The van der Waals surface area contributed by atoms with E-state index in [-0.39, 0.29) is 5.97 Å². The fourth-order valence-electron chi connectivity index (χ4n) is 2.90. The van der Waals surface area contributed by atoms with Crippen LogP contribution in [0.5, 0.6) is 0 Å². The fourth-order valence-corrected chi connectivity index (χ4v) is 2.90. The number of nitrogens with two attached hydrogens (primary N) is 1. The van der Waals surface area contributed by atoms with E-state index in [1.807, 2.05) is 24.3 Å². The van der Waals surface area contributed by atoms with Crippen LogP contribution in [-0.4, -0.2) is 48.5 Å². The molecule has 118 valence electrons. The summed E-state index contributed by atoms with van der Waals surface area (Å²) in [5, 5.41) is 1.000. The molecule has 0 spiro atoms. The van der Waals surface area contributed by atoms with Gasteiger partial charge in [-0.2, -0.15) is 0 Å². The molecule has 22 heavy (non-hydrogen) atoms. The SMILES string of the molecule is CCOC(=O)c1c(CN2CCOCC2)c2ccccc2n1N. The number of aromatic nitrogens is 1. The van der Waals surface area contributed by atoms with Gasteiger partial charge in [0.05, 0.1) is 25.3 Å². The van der Waals surface area contributed by atoms with Crippen LogP contribution < -0.4 is 5.84 Å². The lowest BCUT2D eigenvalue weighted by atomic mass is 10.1. The van der Waals surface area contributed by atoms with Crippen molar-refractivity contribution in [1.82, 2.24) is 9.58 Å². The number of carbonyl (C=O) groups is 1. The van der Waals surface area contributed by atoms with Gasteiger partial charge in [0.1, 0.15) is 0 Å². The number of nitrogen functional groups attached to an aromatic ring is 1. The Kier molecular flexibility index (Phi) is 4.31. The minimum absolute atomic E-state index is 0.331. The molecule has 1 fully saturated rings. The summed E-state index contributed by atoms with van der Waals surface area (Å²) in [7, 11) is 0. The third kappa shape index (κ3) is 2.67. The fraction of sp³-hybridized carbons (Fsp3) is 0.438. The molecule has 0 unspecified atom stereocenters. The zero-order chi connectivity index (χ0) is 15.5. The van der Waals surface area contributed by atoms with Crippen LogP contribution in [-0.2, 0) is 16.0 Å². The summed E-state index contributed by atoms with van der Waals surface area (Å²) in [4.78, 5) is 14.6. The first-order valence-corrected chi connectivity index (χ1v) is 7.57. The first kappa shape index (κ1) is 14.9. The zero-order valence-corrected chi connectivity index (χ0v) is 12.7. The summed E-state index contributed by atoms with van der Waals surface area (Å²) >= 11 is 0. The van der Waals surface area contributed by atoms with Gasteiger partial charge in [0.25, 0.3) is 0 Å². The number of para-hydroxylation sites is 1. The minimum atomic E-state index is -0.371. The van der Waals surface area contributed by atoms with Gasteiger partial charge in [0.2, 0.25) is 0 Å². The summed E-state index contributed by atoms with van der Waals surface area (Å²) in [6.45, 7) is 5.94. The minimum Gasteiger partial charge on any atom is -0.461 e. The van der Waals surface area contributed by atoms with E-state index in [0.29, 0.717) is 18.8 Å². The lowest BCUT2D eigenvalue weighted by Gasteiger charge is -2.26. The summed E-state index contributed by atoms with van der Waals surface area (Å²) in [6.07, 6.45) is 0. The molecule has 2 N–H and O–H groups in total. The Morgan fingerprint density at radius 2 is 2.05 bits per heavy atom. The molecule has 6 nitrogen and oxygen atoms in total. The third-order valence-corrected chi connectivity index (χ3v) is 3.97. The summed E-state index contributed by atoms with van der Waals surface area (Å²) < 4.78 is 12.0. The van der Waals surface area contributed by atoms with Crippen LogP contribution in [0.3, 0.4) is 0 Å². The maximum atomic E-state index is 12.3. The monoisotopic (exact) mass is 303 g/mol. The maximum Gasteiger partial charge on any atom is 0.357 e. The van der Waals surface area contributed by atoms with Crippen molar-refractivity contribution >= 4 is 16.9 Å². The predicted octanol–water partition coefficient (Wildman–Crippen LogP) is 1.36. The van der Waals surface area contributed by atoms with E-state index in [0.717, 1.165) is 42.8 Å². The quantitative estimate of drug-likeness (QED) is 0.682. The summed E-state index contributed by atoms with van der Waals surface area (Å²) in [6, 6.07) is 7.79. The first-order valence-electron chi connectivity index (χ1n) is 7.57. The molecule has 1 aromatic carbocycles. The Morgan fingerprint density at radius 3 is 2.77 bits per heavy atom. The second-order valence-electron chi connectivity index (χ2n) is 5.32. The molecule has 1 aliphatic heterocycles. The van der Waals surface area contributed by atoms with E-state index in [1.54, 1.807) is 6.92 Å². The van der Waals surface area contributed by atoms with Crippen molar-refractivity contribution in [3.8, 4) is 0 Å². The van der Waals surface area contributed by atoms with Crippen molar-refractivity contribution in [2.75, 3.05) is 38.8 Å². The second kappa shape index (κ2) is 6.37. The van der Waals surface area contributed by atoms with E-state index in [1.165, 1.54) is 4.68 Å². The van der Waals surface area contributed by atoms with Crippen molar-refractivity contribution in [2.24, 2.45) is 0 Å². The van der Waals surface area contributed by atoms with Gasteiger partial charge in [-0.05, 0) is 13.0 Å². The van der Waals surface area contributed by atoms with Gasteiger partial charge in [-0.3, -0.25) is 9.58 Å². The van der Waals surface area contributed by atoms with Gasteiger partial charge in [-0.15, -0.1) is 0 Å². The highest BCUT2D eigenvalue weighted by Gasteiger charge is 2.24. The normalized spacial score (nSPS) is 16.0. The van der Waals surface area contributed by atoms with Crippen molar-refractivity contribution in [3.63, 3.8) is 0 Å². The highest BCUT2D eigenvalue weighted by Crippen LogP contribution is 2.26. The molecule has 0 bridgehead atoms. The number of ether oxygens (including phenoxy) is 2. The number of nitrogens with zero attached hydrogens (tertiary/aromatic N) is 2. The van der Waals surface area contributed by atoms with Crippen LogP contribution in [0.1, 0.15) is 23.0 Å². The standard InChI is InChI=1S/C16H21N3O3/c1-2-22-16(20)15-13(11-18-7-9-21-10-8-18)12-5-3-4-6-14(12)19(15)17/h3-6H,2,7-11,17H2,1H3. The molecule has 0 aliphatic carbocycles. The third-order valence-electron chi connectivity index (χ3n) is 3.97. The number of fused-ring (bicyclic) bond motifs is 1. The number of carbonyl (C=O) groups excluding carboxylic acids is 1. The topological polar surface area (TPSA) is 69.7 Å². The van der Waals surface area contributed by atoms with Gasteiger partial charge in [0.15, 0.2) is 5.69 Å².